The Kier molecular flexibility index (Phi) is 4.29. The van der Waals surface area contributed by atoms with Gasteiger partial charge in [0.2, 0.25) is 0 Å². The van der Waals surface area contributed by atoms with E-state index in [0.717, 1.165) is 43.4 Å². The number of carbonyl (C=O) groups is 2. The number of carboxylic acid groups (broad SMARTS) is 1. The fourth-order valence-corrected chi connectivity index (χ4v) is 4.61. The molecule has 0 bridgehead atoms. The van der Waals surface area contributed by atoms with E-state index >= 15 is 0 Å². The molecule has 1 aromatic heterocycles. The molecule has 5 heteroatoms. The predicted molar refractivity (Wildman–Crippen MR) is 81.8 cm³/mol. The van der Waals surface area contributed by atoms with Crippen molar-refractivity contribution < 1.29 is 14.7 Å². The summed E-state index contributed by atoms with van der Waals surface area (Å²) in [6.07, 6.45) is 7.77. The third-order valence-electron chi connectivity index (χ3n) is 4.62. The van der Waals surface area contributed by atoms with Crippen LogP contribution in [0.15, 0.2) is 6.07 Å². The summed E-state index contributed by atoms with van der Waals surface area (Å²) < 4.78 is 0. The van der Waals surface area contributed by atoms with E-state index in [1.807, 2.05) is 6.07 Å². The van der Waals surface area contributed by atoms with E-state index in [4.69, 9.17) is 0 Å². The van der Waals surface area contributed by atoms with Crippen molar-refractivity contribution in [2.75, 3.05) is 0 Å². The van der Waals surface area contributed by atoms with Crippen LogP contribution < -0.4 is 5.32 Å². The normalized spacial score (nSPS) is 25.1. The lowest BCUT2D eigenvalue weighted by molar-refractivity contribution is -0.142. The molecule has 1 saturated carbocycles. The minimum atomic E-state index is -0.782. The third kappa shape index (κ3) is 3.12. The SMILES string of the molecule is O=C(N[C@H]1CCCCC[C@H]1C(=O)O)c1cc2c(s1)CCC2. The number of carboxylic acids is 1. The van der Waals surface area contributed by atoms with Crippen molar-refractivity contribution in [3.63, 3.8) is 0 Å². The van der Waals surface area contributed by atoms with Crippen LogP contribution >= 0.6 is 11.3 Å². The van der Waals surface area contributed by atoms with E-state index in [1.165, 1.54) is 16.9 Å². The van der Waals surface area contributed by atoms with Gasteiger partial charge in [-0.25, -0.2) is 0 Å². The molecule has 2 aliphatic carbocycles. The molecule has 0 saturated heterocycles. The minimum absolute atomic E-state index is 0.0902. The van der Waals surface area contributed by atoms with Gasteiger partial charge in [-0.3, -0.25) is 9.59 Å². The largest absolute Gasteiger partial charge is 0.481 e. The number of aliphatic carboxylic acids is 1. The first-order chi connectivity index (χ1) is 10.1. The van der Waals surface area contributed by atoms with E-state index in [1.54, 1.807) is 11.3 Å². The molecule has 0 aromatic carbocycles. The second kappa shape index (κ2) is 6.18. The van der Waals surface area contributed by atoms with Crippen LogP contribution in [0.25, 0.3) is 0 Å². The molecule has 0 unspecified atom stereocenters. The molecule has 0 spiro atoms. The summed E-state index contributed by atoms with van der Waals surface area (Å²) >= 11 is 1.57. The van der Waals surface area contributed by atoms with Crippen LogP contribution in [-0.2, 0) is 17.6 Å². The van der Waals surface area contributed by atoms with Crippen molar-refractivity contribution >= 4 is 23.2 Å². The number of carbonyl (C=O) groups excluding carboxylic acids is 1. The summed E-state index contributed by atoms with van der Waals surface area (Å²) in [6.45, 7) is 0. The molecule has 21 heavy (non-hydrogen) atoms. The number of thiophene rings is 1. The summed E-state index contributed by atoms with van der Waals surface area (Å²) in [5, 5.41) is 12.3. The molecule has 1 fully saturated rings. The van der Waals surface area contributed by atoms with E-state index in [0.29, 0.717) is 6.42 Å². The van der Waals surface area contributed by atoms with Crippen molar-refractivity contribution in [2.24, 2.45) is 5.92 Å². The van der Waals surface area contributed by atoms with E-state index < -0.39 is 11.9 Å². The molecule has 2 atom stereocenters. The average Bonchev–Trinajstić information content (AvgIpc) is 2.95. The molecule has 114 valence electrons. The van der Waals surface area contributed by atoms with Crippen LogP contribution in [0.5, 0.6) is 0 Å². The number of hydrogen-bond acceptors (Lipinski definition) is 3. The van der Waals surface area contributed by atoms with E-state index in [-0.39, 0.29) is 11.9 Å². The molecule has 1 aromatic rings. The molecule has 0 aliphatic heterocycles. The molecule has 0 radical (unpaired) electrons. The molecule has 2 aliphatic rings. The van der Waals surface area contributed by atoms with Crippen LogP contribution in [-0.4, -0.2) is 23.0 Å². The fraction of sp³-hybridized carbons (Fsp3) is 0.625. The van der Waals surface area contributed by atoms with Gasteiger partial charge < -0.3 is 10.4 Å². The summed E-state index contributed by atoms with van der Waals surface area (Å²) in [6, 6.07) is 1.77. The smallest absolute Gasteiger partial charge is 0.308 e. The second-order valence-electron chi connectivity index (χ2n) is 6.08. The topological polar surface area (TPSA) is 66.4 Å². The van der Waals surface area contributed by atoms with Crippen LogP contribution in [0, 0.1) is 5.92 Å². The Bertz CT molecular complexity index is 530. The Hall–Kier alpha value is -1.36. The lowest BCUT2D eigenvalue weighted by Gasteiger charge is -2.22. The zero-order valence-electron chi connectivity index (χ0n) is 12.1. The van der Waals surface area contributed by atoms with Gasteiger partial charge in [0.1, 0.15) is 0 Å². The van der Waals surface area contributed by atoms with Crippen LogP contribution in [0.3, 0.4) is 0 Å². The maximum Gasteiger partial charge on any atom is 0.308 e. The summed E-state index contributed by atoms with van der Waals surface area (Å²) in [5.74, 6) is -1.31. The Labute approximate surface area is 128 Å². The van der Waals surface area contributed by atoms with Crippen LogP contribution in [0.2, 0.25) is 0 Å². The summed E-state index contributed by atoms with van der Waals surface area (Å²) in [5.41, 5.74) is 1.31. The van der Waals surface area contributed by atoms with Crippen molar-refractivity contribution in [1.82, 2.24) is 5.32 Å². The Morgan fingerprint density at radius 2 is 1.95 bits per heavy atom. The highest BCUT2D eigenvalue weighted by Crippen LogP contribution is 2.31. The van der Waals surface area contributed by atoms with Gasteiger partial charge in [-0.15, -0.1) is 11.3 Å². The highest BCUT2D eigenvalue weighted by molar-refractivity contribution is 7.14. The van der Waals surface area contributed by atoms with E-state index in [2.05, 4.69) is 5.32 Å². The van der Waals surface area contributed by atoms with E-state index in [9.17, 15) is 14.7 Å². The first-order valence-corrected chi connectivity index (χ1v) is 8.62. The lowest BCUT2D eigenvalue weighted by atomic mass is 9.95. The summed E-state index contributed by atoms with van der Waals surface area (Å²) in [4.78, 5) is 25.9. The number of amides is 1. The average molecular weight is 307 g/mol. The first-order valence-electron chi connectivity index (χ1n) is 7.80. The highest BCUT2D eigenvalue weighted by Gasteiger charge is 2.31. The number of nitrogens with one attached hydrogen (secondary N) is 1. The number of hydrogen-bond donors (Lipinski definition) is 2. The third-order valence-corrected chi connectivity index (χ3v) is 5.86. The van der Waals surface area contributed by atoms with Gasteiger partial charge >= 0.3 is 5.97 Å². The zero-order valence-corrected chi connectivity index (χ0v) is 12.9. The van der Waals surface area contributed by atoms with Crippen molar-refractivity contribution in [1.29, 1.82) is 0 Å². The van der Waals surface area contributed by atoms with Gasteiger partial charge in [0, 0.05) is 10.9 Å². The molecular weight excluding hydrogens is 286 g/mol. The quantitative estimate of drug-likeness (QED) is 0.844. The maximum absolute atomic E-state index is 12.4. The molecule has 1 amide bonds. The van der Waals surface area contributed by atoms with Gasteiger partial charge in [0.25, 0.3) is 5.91 Å². The Morgan fingerprint density at radius 3 is 2.71 bits per heavy atom. The summed E-state index contributed by atoms with van der Waals surface area (Å²) in [7, 11) is 0. The van der Waals surface area contributed by atoms with Gasteiger partial charge in [-0.1, -0.05) is 19.3 Å². The molecule has 3 rings (SSSR count). The number of aryl methyl sites for hydroxylation is 2. The lowest BCUT2D eigenvalue weighted by Crippen LogP contribution is -2.42. The Morgan fingerprint density at radius 1 is 1.14 bits per heavy atom. The van der Waals surface area contributed by atoms with Gasteiger partial charge in [0.05, 0.1) is 10.8 Å². The van der Waals surface area contributed by atoms with Crippen molar-refractivity contribution in [3.8, 4) is 0 Å². The fourth-order valence-electron chi connectivity index (χ4n) is 3.46. The molecule has 2 N–H and O–H groups in total. The zero-order chi connectivity index (χ0) is 14.8. The first kappa shape index (κ1) is 14.6. The molecular formula is C16H21NO3S. The monoisotopic (exact) mass is 307 g/mol. The molecule has 4 nitrogen and oxygen atoms in total. The van der Waals surface area contributed by atoms with Crippen LogP contribution in [0.4, 0.5) is 0 Å². The van der Waals surface area contributed by atoms with Crippen molar-refractivity contribution in [3.05, 3.63) is 21.4 Å². The Balaban J connectivity index is 1.70. The van der Waals surface area contributed by atoms with Gasteiger partial charge in [0.15, 0.2) is 0 Å². The molecule has 1 heterocycles. The number of rotatable bonds is 3. The van der Waals surface area contributed by atoms with Crippen molar-refractivity contribution in [2.45, 2.75) is 57.4 Å². The number of fused-ring (bicyclic) bond motifs is 1. The second-order valence-corrected chi connectivity index (χ2v) is 7.21. The predicted octanol–water partition coefficient (Wildman–Crippen LogP) is 3.00. The standard InChI is InChI=1S/C16H21NO3S/c18-15(14-9-10-5-4-8-13(10)21-14)17-12-7-3-1-2-6-11(12)16(19)20/h9,11-12H,1-8H2,(H,17,18)(H,19,20)/t11-,12+/m1/s1. The maximum atomic E-state index is 12.4. The van der Waals surface area contributed by atoms with Gasteiger partial charge in [-0.05, 0) is 43.7 Å². The minimum Gasteiger partial charge on any atom is -0.481 e. The van der Waals surface area contributed by atoms with Gasteiger partial charge in [-0.2, -0.15) is 0 Å². The van der Waals surface area contributed by atoms with Crippen LogP contribution in [0.1, 0.15) is 58.6 Å². The highest BCUT2D eigenvalue weighted by atomic mass is 32.1.